The predicted molar refractivity (Wildman–Crippen MR) is 73.7 cm³/mol. The molecule has 0 aliphatic carbocycles. The fourth-order valence-corrected chi connectivity index (χ4v) is 1.85. The van der Waals surface area contributed by atoms with E-state index in [1.165, 1.54) is 0 Å². The van der Waals surface area contributed by atoms with Crippen LogP contribution in [0.3, 0.4) is 0 Å². The lowest BCUT2D eigenvalue weighted by Crippen LogP contribution is -2.35. The smallest absolute Gasteiger partial charge is 0.239 e. The summed E-state index contributed by atoms with van der Waals surface area (Å²) in [6.45, 7) is 4.27. The van der Waals surface area contributed by atoms with Gasteiger partial charge in [0.05, 0.1) is 24.3 Å². The Kier molecular flexibility index (Phi) is 5.34. The summed E-state index contributed by atoms with van der Waals surface area (Å²) in [6.07, 6.45) is -0.653. The Hall–Kier alpha value is -2.06. The lowest BCUT2D eigenvalue weighted by molar-refractivity contribution is -0.119. The SMILES string of the molecule is CCNC(=O)CN(C)c1cc(C#N)ccc1[C@H](C)O. The molecule has 1 amide bonds. The Morgan fingerprint density at radius 1 is 1.58 bits per heavy atom. The minimum absolute atomic E-state index is 0.0936. The first-order chi connectivity index (χ1) is 8.99. The summed E-state index contributed by atoms with van der Waals surface area (Å²) in [6, 6.07) is 7.11. The van der Waals surface area contributed by atoms with Crippen molar-refractivity contribution in [3.63, 3.8) is 0 Å². The van der Waals surface area contributed by atoms with Crippen LogP contribution in [0.5, 0.6) is 0 Å². The van der Waals surface area contributed by atoms with Crippen molar-refractivity contribution >= 4 is 11.6 Å². The Bertz CT molecular complexity index is 492. The second kappa shape index (κ2) is 6.76. The van der Waals surface area contributed by atoms with Crippen molar-refractivity contribution < 1.29 is 9.90 Å². The first kappa shape index (κ1) is 15.0. The zero-order chi connectivity index (χ0) is 14.4. The van der Waals surface area contributed by atoms with Crippen molar-refractivity contribution in [1.82, 2.24) is 5.32 Å². The Balaban J connectivity index is 3.02. The lowest BCUT2D eigenvalue weighted by atomic mass is 10.0. The molecule has 0 saturated heterocycles. The van der Waals surface area contributed by atoms with Gasteiger partial charge in [-0.1, -0.05) is 6.07 Å². The second-order valence-electron chi connectivity index (χ2n) is 4.37. The quantitative estimate of drug-likeness (QED) is 0.834. The number of hydrogen-bond donors (Lipinski definition) is 2. The van der Waals surface area contributed by atoms with E-state index < -0.39 is 6.10 Å². The lowest BCUT2D eigenvalue weighted by Gasteiger charge is -2.23. The van der Waals surface area contributed by atoms with Gasteiger partial charge in [-0.3, -0.25) is 4.79 Å². The maximum atomic E-state index is 11.6. The van der Waals surface area contributed by atoms with Crippen molar-refractivity contribution in [2.75, 3.05) is 25.0 Å². The average Bonchev–Trinajstić information content (AvgIpc) is 2.37. The topological polar surface area (TPSA) is 76.4 Å². The van der Waals surface area contributed by atoms with Crippen molar-refractivity contribution in [3.05, 3.63) is 29.3 Å². The molecule has 1 aromatic rings. The van der Waals surface area contributed by atoms with Gasteiger partial charge < -0.3 is 15.3 Å². The number of nitrogens with zero attached hydrogens (tertiary/aromatic N) is 2. The van der Waals surface area contributed by atoms with E-state index in [2.05, 4.69) is 11.4 Å². The Morgan fingerprint density at radius 3 is 2.79 bits per heavy atom. The number of nitrogens with one attached hydrogen (secondary N) is 1. The minimum atomic E-state index is -0.653. The van der Waals surface area contributed by atoms with E-state index in [9.17, 15) is 9.90 Å². The molecule has 1 atom stereocenters. The molecule has 1 rings (SSSR count). The number of aliphatic hydroxyl groups is 1. The summed E-state index contributed by atoms with van der Waals surface area (Å²) >= 11 is 0. The third kappa shape index (κ3) is 3.97. The number of rotatable bonds is 5. The van der Waals surface area contributed by atoms with Crippen LogP contribution in [0.1, 0.15) is 31.1 Å². The number of carbonyl (C=O) groups is 1. The van der Waals surface area contributed by atoms with Crippen molar-refractivity contribution in [3.8, 4) is 6.07 Å². The van der Waals surface area contributed by atoms with Gasteiger partial charge in [0.1, 0.15) is 0 Å². The molecular weight excluding hydrogens is 242 g/mol. The van der Waals surface area contributed by atoms with Gasteiger partial charge >= 0.3 is 0 Å². The fraction of sp³-hybridized carbons (Fsp3) is 0.429. The molecule has 1 aromatic carbocycles. The Labute approximate surface area is 113 Å². The summed E-state index contributed by atoms with van der Waals surface area (Å²) in [4.78, 5) is 13.3. The highest BCUT2D eigenvalue weighted by Gasteiger charge is 2.14. The number of hydrogen-bond acceptors (Lipinski definition) is 4. The predicted octanol–water partition coefficient (Wildman–Crippen LogP) is 1.18. The summed E-state index contributed by atoms with van der Waals surface area (Å²) in [5.41, 5.74) is 1.90. The first-order valence-electron chi connectivity index (χ1n) is 6.19. The highest BCUT2D eigenvalue weighted by molar-refractivity contribution is 5.81. The normalized spacial score (nSPS) is 11.5. The summed E-state index contributed by atoms with van der Waals surface area (Å²) in [5.74, 6) is -0.0936. The van der Waals surface area contributed by atoms with Crippen LogP contribution in [0, 0.1) is 11.3 Å². The van der Waals surface area contributed by atoms with E-state index in [-0.39, 0.29) is 12.5 Å². The van der Waals surface area contributed by atoms with E-state index in [4.69, 9.17) is 5.26 Å². The standard InChI is InChI=1S/C14H19N3O2/c1-4-16-14(19)9-17(3)13-7-11(8-15)5-6-12(13)10(2)18/h5-7,10,18H,4,9H2,1-3H3,(H,16,19)/t10-/m0/s1. The Morgan fingerprint density at radius 2 is 2.26 bits per heavy atom. The molecule has 0 aromatic heterocycles. The maximum Gasteiger partial charge on any atom is 0.239 e. The molecular formula is C14H19N3O2. The molecule has 0 fully saturated rings. The van der Waals surface area contributed by atoms with Gasteiger partial charge in [0, 0.05) is 24.8 Å². The number of anilines is 1. The van der Waals surface area contributed by atoms with E-state index in [0.717, 1.165) is 0 Å². The van der Waals surface area contributed by atoms with E-state index in [1.54, 1.807) is 37.1 Å². The van der Waals surface area contributed by atoms with Crippen molar-refractivity contribution in [2.45, 2.75) is 20.0 Å². The van der Waals surface area contributed by atoms with E-state index >= 15 is 0 Å². The molecule has 0 heterocycles. The molecule has 0 unspecified atom stereocenters. The molecule has 5 heteroatoms. The monoisotopic (exact) mass is 261 g/mol. The maximum absolute atomic E-state index is 11.6. The number of amides is 1. The number of aliphatic hydroxyl groups excluding tert-OH is 1. The van der Waals surface area contributed by atoms with Gasteiger partial charge in [0.15, 0.2) is 0 Å². The summed E-state index contributed by atoms with van der Waals surface area (Å²) in [7, 11) is 1.76. The third-order valence-electron chi connectivity index (χ3n) is 2.78. The molecule has 0 bridgehead atoms. The molecule has 0 aliphatic heterocycles. The molecule has 0 aliphatic rings. The van der Waals surface area contributed by atoms with Gasteiger partial charge in [-0.05, 0) is 26.0 Å². The minimum Gasteiger partial charge on any atom is -0.389 e. The molecule has 0 spiro atoms. The molecule has 0 radical (unpaired) electrons. The van der Waals surface area contributed by atoms with E-state index in [0.29, 0.717) is 23.4 Å². The van der Waals surface area contributed by atoms with Crippen LogP contribution < -0.4 is 10.2 Å². The van der Waals surface area contributed by atoms with Gasteiger partial charge in [-0.15, -0.1) is 0 Å². The van der Waals surface area contributed by atoms with Crippen LogP contribution in [0.2, 0.25) is 0 Å². The van der Waals surface area contributed by atoms with Gasteiger partial charge in [-0.25, -0.2) is 0 Å². The largest absolute Gasteiger partial charge is 0.389 e. The van der Waals surface area contributed by atoms with Gasteiger partial charge in [0.25, 0.3) is 0 Å². The van der Waals surface area contributed by atoms with Crippen LogP contribution in [0.4, 0.5) is 5.69 Å². The van der Waals surface area contributed by atoms with Gasteiger partial charge in [0.2, 0.25) is 5.91 Å². The molecule has 19 heavy (non-hydrogen) atoms. The third-order valence-corrected chi connectivity index (χ3v) is 2.78. The van der Waals surface area contributed by atoms with Gasteiger partial charge in [-0.2, -0.15) is 5.26 Å². The fourth-order valence-electron chi connectivity index (χ4n) is 1.85. The summed E-state index contributed by atoms with van der Waals surface area (Å²) < 4.78 is 0. The number of nitriles is 1. The second-order valence-corrected chi connectivity index (χ2v) is 4.37. The van der Waals surface area contributed by atoms with Crippen molar-refractivity contribution in [1.29, 1.82) is 5.26 Å². The van der Waals surface area contributed by atoms with Crippen LogP contribution in [0.25, 0.3) is 0 Å². The first-order valence-corrected chi connectivity index (χ1v) is 6.19. The molecule has 0 saturated carbocycles. The van der Waals surface area contributed by atoms with E-state index in [1.807, 2.05) is 6.92 Å². The number of carbonyl (C=O) groups excluding carboxylic acids is 1. The van der Waals surface area contributed by atoms with Crippen LogP contribution >= 0.6 is 0 Å². The zero-order valence-electron chi connectivity index (χ0n) is 11.5. The van der Waals surface area contributed by atoms with Crippen LogP contribution in [0.15, 0.2) is 18.2 Å². The average molecular weight is 261 g/mol. The van der Waals surface area contributed by atoms with Crippen molar-refractivity contribution in [2.24, 2.45) is 0 Å². The zero-order valence-corrected chi connectivity index (χ0v) is 11.5. The highest BCUT2D eigenvalue weighted by Crippen LogP contribution is 2.26. The van der Waals surface area contributed by atoms with Crippen LogP contribution in [-0.4, -0.2) is 31.2 Å². The number of benzene rings is 1. The molecule has 2 N–H and O–H groups in total. The molecule has 5 nitrogen and oxygen atoms in total. The summed E-state index contributed by atoms with van der Waals surface area (Å²) in [5, 5.41) is 21.4. The number of likely N-dealkylation sites (N-methyl/N-ethyl adjacent to an activating group) is 2. The highest BCUT2D eigenvalue weighted by atomic mass is 16.3. The van der Waals surface area contributed by atoms with Crippen LogP contribution in [-0.2, 0) is 4.79 Å². The molecule has 102 valence electrons.